The van der Waals surface area contributed by atoms with Crippen LogP contribution in [0.2, 0.25) is 0 Å². The van der Waals surface area contributed by atoms with Gasteiger partial charge in [0.1, 0.15) is 0 Å². The molecule has 36 nitrogen and oxygen atoms in total. The van der Waals surface area contributed by atoms with Crippen LogP contribution in [0.1, 0.15) is 57.8 Å². The van der Waals surface area contributed by atoms with Gasteiger partial charge in [0.05, 0.1) is 227 Å². The summed E-state index contributed by atoms with van der Waals surface area (Å²) in [4.78, 5) is 0. The van der Waals surface area contributed by atoms with E-state index in [2.05, 4.69) is 0 Å². The molecule has 36 N–H and O–H groups in total. The Morgan fingerprint density at radius 1 is 0.185 bits per heavy atom. The third kappa shape index (κ3) is 50.8. The molecule has 0 radical (unpaired) electrons. The van der Waals surface area contributed by atoms with Crippen molar-refractivity contribution in [3.63, 3.8) is 0 Å². The van der Waals surface area contributed by atoms with Crippen LogP contribution in [0, 0.1) is 5.41 Å². The Balaban J connectivity index is 7.98. The highest BCUT2D eigenvalue weighted by atomic mass is 16.6. The average Bonchev–Trinajstić information content (AvgIpc) is 0.730. The first-order valence-corrected chi connectivity index (χ1v) is 32.2. The van der Waals surface area contributed by atoms with E-state index >= 15 is 0 Å². The maximum absolute atomic E-state index is 8.23. The summed E-state index contributed by atoms with van der Waals surface area (Å²) in [5.74, 6) is 0. The lowest BCUT2D eigenvalue weighted by Crippen LogP contribution is -2.69. The lowest BCUT2D eigenvalue weighted by atomic mass is 9.52. The molecule has 0 saturated carbocycles. The van der Waals surface area contributed by atoms with Gasteiger partial charge in [-0.1, -0.05) is 0 Å². The van der Waals surface area contributed by atoms with Crippen LogP contribution in [-0.2, 0) is 85.3 Å². The van der Waals surface area contributed by atoms with Crippen molar-refractivity contribution in [2.24, 2.45) is 109 Å². The zero-order valence-electron chi connectivity index (χ0n) is 55.5. The van der Waals surface area contributed by atoms with Crippen LogP contribution in [0.15, 0.2) is 0 Å². The fourth-order valence-corrected chi connectivity index (χ4v) is 9.61. The van der Waals surface area contributed by atoms with E-state index in [0.717, 1.165) is 0 Å². The molecule has 0 heterocycles. The average molecular weight is 1350 g/mol. The van der Waals surface area contributed by atoms with Crippen molar-refractivity contribution < 1.29 is 85.3 Å². The molecule has 0 aliphatic heterocycles. The van der Waals surface area contributed by atoms with Gasteiger partial charge >= 0.3 is 0 Å². The van der Waals surface area contributed by atoms with E-state index in [1.807, 2.05) is 0 Å². The summed E-state index contributed by atoms with van der Waals surface area (Å²) in [6.45, 7) is 6.84. The van der Waals surface area contributed by atoms with Crippen LogP contribution < -0.4 is 103 Å². The first kappa shape index (κ1) is 90.6. The molecule has 36 heteroatoms. The molecular weight excluding hydrogens is 1210 g/mol. The van der Waals surface area contributed by atoms with Crippen LogP contribution in [0.3, 0.4) is 0 Å². The minimum atomic E-state index is -1.28. The van der Waals surface area contributed by atoms with Crippen molar-refractivity contribution in [1.82, 2.24) is 0 Å². The Hall–Kier alpha value is -1.44. The first-order valence-electron chi connectivity index (χ1n) is 32.2. The Morgan fingerprint density at radius 2 is 0.359 bits per heavy atom. The number of rotatable bonds is 73. The molecule has 0 spiro atoms. The Kier molecular flexibility index (Phi) is 58.7. The normalized spacial score (nSPS) is 13.1. The predicted molar refractivity (Wildman–Crippen MR) is 348 cm³/mol. The van der Waals surface area contributed by atoms with Crippen molar-refractivity contribution in [2.45, 2.75) is 124 Å². The van der Waals surface area contributed by atoms with Gasteiger partial charge in [0.25, 0.3) is 0 Å². The van der Waals surface area contributed by atoms with Gasteiger partial charge in [-0.3, -0.25) is 0 Å². The fraction of sp³-hybridized carbons (Fsp3) is 1.00. The summed E-state index contributed by atoms with van der Waals surface area (Å²) in [7, 11) is 0. The van der Waals surface area contributed by atoms with Crippen molar-refractivity contribution in [3.8, 4) is 0 Å². The molecule has 0 aromatic carbocycles. The van der Waals surface area contributed by atoms with Crippen molar-refractivity contribution in [1.29, 1.82) is 0 Å². The number of ether oxygens (including phenoxy) is 18. The predicted octanol–water partition coefficient (Wildman–Crippen LogP) is -8.14. The van der Waals surface area contributed by atoms with Crippen molar-refractivity contribution >= 4 is 0 Å². The summed E-state index contributed by atoms with van der Waals surface area (Å²) in [6, 6.07) is 0. The second kappa shape index (κ2) is 59.6. The topological polar surface area (TPSA) is 634 Å². The summed E-state index contributed by atoms with van der Waals surface area (Å²) >= 11 is 0. The van der Waals surface area contributed by atoms with Gasteiger partial charge in [-0.25, -0.2) is 0 Å². The van der Waals surface area contributed by atoms with E-state index < -0.39 is 71.4 Å². The van der Waals surface area contributed by atoms with Gasteiger partial charge in [0.15, 0.2) is 0 Å². The summed E-state index contributed by atoms with van der Waals surface area (Å²) in [6.07, 6.45) is -2.30. The van der Waals surface area contributed by atoms with Crippen molar-refractivity contribution in [3.05, 3.63) is 0 Å². The van der Waals surface area contributed by atoms with Crippen LogP contribution in [0.5, 0.6) is 0 Å². The molecule has 0 atom stereocenters. The third-order valence-electron chi connectivity index (χ3n) is 14.2. The molecule has 0 aromatic rings. The zero-order chi connectivity index (χ0) is 68.5. The van der Waals surface area contributed by atoms with E-state index in [1.54, 1.807) is 0 Å². The molecule has 0 aliphatic carbocycles. The van der Waals surface area contributed by atoms with Gasteiger partial charge in [-0.15, -0.1) is 0 Å². The van der Waals surface area contributed by atoms with Crippen molar-refractivity contribution in [2.75, 3.05) is 231 Å². The lowest BCUT2D eigenvalue weighted by molar-refractivity contribution is -0.213. The number of nitrogens with two attached hydrogens (primary N) is 18. The minimum absolute atomic E-state index is 0.0475. The monoisotopic (exact) mass is 1340 g/mol. The highest BCUT2D eigenvalue weighted by molar-refractivity contribution is 5.14. The second-order valence-corrected chi connectivity index (χ2v) is 22.6. The molecule has 0 fully saturated rings. The third-order valence-corrected chi connectivity index (χ3v) is 14.2. The smallest absolute Gasteiger partial charge is 0.0802 e. The summed E-state index contributed by atoms with van der Waals surface area (Å²) in [5.41, 5.74) is 103. The lowest BCUT2D eigenvalue weighted by Gasteiger charge is -2.60. The van der Waals surface area contributed by atoms with Gasteiger partial charge in [-0.2, -0.15) is 0 Å². The van der Waals surface area contributed by atoms with Crippen LogP contribution >= 0.6 is 0 Å². The SMILES string of the molecule is NC(N)COCCOCCC(N)(CCOCCOCC(N)N)CCOCCOC(CCOCCOCC(N)N)(CCOCCOCC(N)N)C(CCOCCOCC(N)N)(CCOCCOCC(N)N)C(N)(CCOCCOCC(N)N)CCOCCOCC(N)N. The van der Waals surface area contributed by atoms with Gasteiger partial charge in [0.2, 0.25) is 0 Å². The second-order valence-electron chi connectivity index (χ2n) is 22.6. The Morgan fingerprint density at radius 3 is 0.576 bits per heavy atom. The van der Waals surface area contributed by atoms with E-state index in [9.17, 15) is 0 Å². The van der Waals surface area contributed by atoms with E-state index in [0.29, 0.717) is 58.9 Å². The summed E-state index contributed by atoms with van der Waals surface area (Å²) < 4.78 is 109. The molecule has 554 valence electrons. The summed E-state index contributed by atoms with van der Waals surface area (Å²) in [5, 5.41) is 0. The number of hydrogen-bond acceptors (Lipinski definition) is 36. The van der Waals surface area contributed by atoms with E-state index in [1.165, 1.54) is 0 Å². The molecule has 0 amide bonds. The largest absolute Gasteiger partial charge is 0.379 e. The first-order chi connectivity index (χ1) is 44.0. The minimum Gasteiger partial charge on any atom is -0.379 e. The molecule has 0 rings (SSSR count). The van der Waals surface area contributed by atoms with E-state index in [-0.39, 0.29) is 230 Å². The van der Waals surface area contributed by atoms with Crippen LogP contribution in [0.25, 0.3) is 0 Å². The van der Waals surface area contributed by atoms with Gasteiger partial charge in [-0.05, 0) is 44.9 Å². The van der Waals surface area contributed by atoms with E-state index in [4.69, 9.17) is 188 Å². The Labute approximate surface area is 547 Å². The molecule has 0 bridgehead atoms. The van der Waals surface area contributed by atoms with Crippen LogP contribution in [-0.4, -0.2) is 297 Å². The molecule has 92 heavy (non-hydrogen) atoms. The Bertz CT molecular complexity index is 1500. The molecule has 0 saturated heterocycles. The highest BCUT2D eigenvalue weighted by Crippen LogP contribution is 2.55. The van der Waals surface area contributed by atoms with Gasteiger partial charge in [0, 0.05) is 88.8 Å². The molecular formula is C56H132N18O18. The molecule has 0 unspecified atom stereocenters. The standard InChI is InChI=1S/C56H132N18O18/c57-45(58)37-84-27-19-75-10-1-53(73,2-11-76-20-28-85-38-46(59)60)3-12-77-35-36-92-56(8-17-82-25-33-90-43-51(69)70,9-18-83-26-34-91-44-52(71)72)54(4-13-78-21-29-86-39-47(61)62,5-14-79-22-30-87-40-48(63)64)55(74,6-15-80-23-31-88-41-49(65)66)7-16-81-24-32-89-42-50(67)68/h45-52H,1-44,57-74H2. The fourth-order valence-electron chi connectivity index (χ4n) is 9.61. The maximum atomic E-state index is 8.23. The quantitative estimate of drug-likeness (QED) is 0.0199. The molecule has 0 aliphatic rings. The molecule has 0 aromatic heterocycles. The zero-order valence-corrected chi connectivity index (χ0v) is 55.5. The van der Waals surface area contributed by atoms with Gasteiger partial charge < -0.3 is 188 Å². The maximum Gasteiger partial charge on any atom is 0.0802 e. The highest BCUT2D eigenvalue weighted by Gasteiger charge is 2.61. The number of hydrogen-bond donors (Lipinski definition) is 18. The van der Waals surface area contributed by atoms with Crippen LogP contribution in [0.4, 0.5) is 0 Å².